The van der Waals surface area contributed by atoms with E-state index < -0.39 is 0 Å². The third kappa shape index (κ3) is 3.55. The number of thiazole rings is 1. The number of hydrogen-bond acceptors (Lipinski definition) is 4. The summed E-state index contributed by atoms with van der Waals surface area (Å²) in [5, 5.41) is 1.15. The van der Waals surface area contributed by atoms with Crippen LogP contribution < -0.4 is 4.74 Å². The van der Waals surface area contributed by atoms with Crippen molar-refractivity contribution in [3.8, 4) is 5.75 Å². The van der Waals surface area contributed by atoms with Crippen LogP contribution in [0.3, 0.4) is 0 Å². The van der Waals surface area contributed by atoms with Crippen LogP contribution in [-0.4, -0.2) is 11.6 Å². The van der Waals surface area contributed by atoms with E-state index in [9.17, 15) is 0 Å². The first-order valence-electron chi connectivity index (χ1n) is 6.93. The Balaban J connectivity index is 1.96. The molecular weight excluding hydrogens is 286 g/mol. The lowest BCUT2D eigenvalue weighted by atomic mass is 10.1. The number of benzene rings is 1. The number of nitrogens with zero attached hydrogens (tertiary/aromatic N) is 1. The summed E-state index contributed by atoms with van der Waals surface area (Å²) < 4.78 is 5.89. The van der Waals surface area contributed by atoms with Gasteiger partial charge in [-0.25, -0.2) is 4.98 Å². The Morgan fingerprint density at radius 3 is 2.75 bits per heavy atom. The third-order valence-electron chi connectivity index (χ3n) is 3.43. The average Bonchev–Trinajstić information content (AvgIpc) is 2.86. The van der Waals surface area contributed by atoms with E-state index in [4.69, 9.17) is 4.74 Å². The van der Waals surface area contributed by atoms with E-state index in [1.807, 2.05) is 12.1 Å². The summed E-state index contributed by atoms with van der Waals surface area (Å²) in [6, 6.07) is 6.17. The molecule has 0 spiro atoms. The predicted octanol–water partition coefficient (Wildman–Crippen LogP) is 4.37. The summed E-state index contributed by atoms with van der Waals surface area (Å²) in [4.78, 5) is 5.95. The fourth-order valence-electron chi connectivity index (χ4n) is 2.07. The number of thiol groups is 1. The minimum atomic E-state index is 0.674. The van der Waals surface area contributed by atoms with Crippen molar-refractivity contribution in [3.63, 3.8) is 0 Å². The second-order valence-corrected chi connectivity index (χ2v) is 6.27. The normalized spacial score (nSPS) is 10.8. The first kappa shape index (κ1) is 15.4. The van der Waals surface area contributed by atoms with E-state index in [0.29, 0.717) is 6.61 Å². The van der Waals surface area contributed by atoms with Crippen molar-refractivity contribution < 1.29 is 4.74 Å². The highest BCUT2D eigenvalue weighted by Gasteiger charge is 2.09. The van der Waals surface area contributed by atoms with Gasteiger partial charge in [0.1, 0.15) is 5.75 Å². The Morgan fingerprint density at radius 1 is 1.30 bits per heavy atom. The summed E-state index contributed by atoms with van der Waals surface area (Å²) in [5.41, 5.74) is 3.67. The number of rotatable bonds is 6. The van der Waals surface area contributed by atoms with Crippen LogP contribution in [0, 0.1) is 13.8 Å². The van der Waals surface area contributed by atoms with Gasteiger partial charge in [0.15, 0.2) is 0 Å². The Hall–Kier alpha value is -1.00. The van der Waals surface area contributed by atoms with Gasteiger partial charge in [0.2, 0.25) is 0 Å². The maximum absolute atomic E-state index is 5.89. The lowest BCUT2D eigenvalue weighted by Crippen LogP contribution is -2.03. The van der Waals surface area contributed by atoms with Crippen LogP contribution in [-0.2, 0) is 18.6 Å². The number of hydrogen-bond donors (Lipinski definition) is 1. The third-order valence-corrected chi connectivity index (χ3v) is 5.12. The molecule has 0 N–H and O–H groups in total. The molecule has 0 aliphatic heterocycles. The molecule has 1 aromatic heterocycles. The van der Waals surface area contributed by atoms with Crippen molar-refractivity contribution in [2.45, 2.75) is 39.4 Å². The summed E-state index contributed by atoms with van der Waals surface area (Å²) in [5.74, 6) is 1.75. The first-order chi connectivity index (χ1) is 9.65. The Labute approximate surface area is 130 Å². The molecule has 1 heterocycles. The lowest BCUT2D eigenvalue weighted by molar-refractivity contribution is 0.319. The van der Waals surface area contributed by atoms with Crippen LogP contribution in [0.15, 0.2) is 18.2 Å². The topological polar surface area (TPSA) is 22.1 Å². The van der Waals surface area contributed by atoms with Crippen LogP contribution in [0.25, 0.3) is 0 Å². The highest BCUT2D eigenvalue weighted by atomic mass is 32.1. The smallest absolute Gasteiger partial charge is 0.122 e. The molecule has 1 aromatic carbocycles. The van der Waals surface area contributed by atoms with E-state index >= 15 is 0 Å². The molecule has 108 valence electrons. The van der Waals surface area contributed by atoms with E-state index in [-0.39, 0.29) is 0 Å². The molecular formula is C16H21NOS2. The number of aryl methyl sites for hydroxylation is 2. The van der Waals surface area contributed by atoms with Crippen LogP contribution in [0.2, 0.25) is 0 Å². The largest absolute Gasteiger partial charge is 0.493 e. The van der Waals surface area contributed by atoms with Gasteiger partial charge in [-0.3, -0.25) is 0 Å². The molecule has 0 saturated carbocycles. The minimum Gasteiger partial charge on any atom is -0.493 e. The zero-order valence-electron chi connectivity index (χ0n) is 12.3. The first-order valence-corrected chi connectivity index (χ1v) is 8.38. The van der Waals surface area contributed by atoms with Gasteiger partial charge >= 0.3 is 0 Å². The van der Waals surface area contributed by atoms with E-state index in [2.05, 4.69) is 44.5 Å². The maximum atomic E-state index is 5.89. The van der Waals surface area contributed by atoms with Crippen LogP contribution >= 0.6 is 24.0 Å². The predicted molar refractivity (Wildman–Crippen MR) is 89.3 cm³/mol. The van der Waals surface area contributed by atoms with Gasteiger partial charge in [-0.2, -0.15) is 12.6 Å². The van der Waals surface area contributed by atoms with Gasteiger partial charge in [-0.05, 0) is 37.5 Å². The quantitative estimate of drug-likeness (QED) is 0.800. The summed E-state index contributed by atoms with van der Waals surface area (Å²) in [6.07, 6.45) is 1.84. The van der Waals surface area contributed by atoms with Crippen molar-refractivity contribution in [1.29, 1.82) is 0 Å². The molecule has 0 bridgehead atoms. The minimum absolute atomic E-state index is 0.674. The van der Waals surface area contributed by atoms with Crippen molar-refractivity contribution in [2.24, 2.45) is 0 Å². The lowest BCUT2D eigenvalue weighted by Gasteiger charge is -2.09. The van der Waals surface area contributed by atoms with Crippen molar-refractivity contribution in [3.05, 3.63) is 44.9 Å². The molecule has 4 heteroatoms. The monoisotopic (exact) mass is 307 g/mol. The summed E-state index contributed by atoms with van der Waals surface area (Å²) in [6.45, 7) is 7.02. The average molecular weight is 307 g/mol. The molecule has 0 saturated heterocycles. The van der Waals surface area contributed by atoms with Crippen LogP contribution in [0.5, 0.6) is 5.75 Å². The second kappa shape index (κ2) is 7.14. The molecule has 0 amide bonds. The van der Waals surface area contributed by atoms with Crippen molar-refractivity contribution >= 4 is 24.0 Å². The van der Waals surface area contributed by atoms with E-state index in [1.54, 1.807) is 11.3 Å². The SMILES string of the molecule is CCc1nc(CCOc2cccc(C)c2C)sc1CS. The van der Waals surface area contributed by atoms with Crippen molar-refractivity contribution in [2.75, 3.05) is 6.61 Å². The Bertz CT molecular complexity index is 556. The summed E-state index contributed by atoms with van der Waals surface area (Å²) >= 11 is 6.12. The molecule has 0 fully saturated rings. The van der Waals surface area contributed by atoms with Crippen LogP contribution in [0.4, 0.5) is 0 Å². The van der Waals surface area contributed by atoms with E-state index in [1.165, 1.54) is 21.7 Å². The molecule has 0 unspecified atom stereocenters. The number of aromatic nitrogens is 1. The van der Waals surface area contributed by atoms with Gasteiger partial charge < -0.3 is 4.74 Å². The van der Waals surface area contributed by atoms with Gasteiger partial charge in [0.25, 0.3) is 0 Å². The standard InChI is InChI=1S/C16H21NOS2/c1-4-13-15(10-19)20-16(17-13)8-9-18-14-7-5-6-11(2)12(14)3/h5-7,19H,4,8-10H2,1-3H3. The molecule has 0 aliphatic carbocycles. The van der Waals surface area contributed by atoms with Gasteiger partial charge in [-0.1, -0.05) is 19.1 Å². The van der Waals surface area contributed by atoms with Crippen LogP contribution in [0.1, 0.15) is 33.6 Å². The zero-order valence-corrected chi connectivity index (χ0v) is 14.0. The zero-order chi connectivity index (χ0) is 14.5. The fourth-order valence-corrected chi connectivity index (χ4v) is 3.45. The molecule has 2 aromatic rings. The number of ether oxygens (including phenoxy) is 1. The Morgan fingerprint density at radius 2 is 2.10 bits per heavy atom. The second-order valence-electron chi connectivity index (χ2n) is 4.79. The molecule has 2 rings (SSSR count). The van der Waals surface area contributed by atoms with Gasteiger partial charge in [-0.15, -0.1) is 11.3 Å². The van der Waals surface area contributed by atoms with E-state index in [0.717, 1.165) is 29.4 Å². The highest BCUT2D eigenvalue weighted by molar-refractivity contribution is 7.79. The van der Waals surface area contributed by atoms with Gasteiger partial charge in [0.05, 0.1) is 17.3 Å². The highest BCUT2D eigenvalue weighted by Crippen LogP contribution is 2.23. The molecule has 0 radical (unpaired) electrons. The summed E-state index contributed by atoms with van der Waals surface area (Å²) in [7, 11) is 0. The molecule has 0 atom stereocenters. The molecule has 2 nitrogen and oxygen atoms in total. The molecule has 20 heavy (non-hydrogen) atoms. The van der Waals surface area contributed by atoms with Crippen molar-refractivity contribution in [1.82, 2.24) is 4.98 Å². The van der Waals surface area contributed by atoms with Gasteiger partial charge in [0, 0.05) is 17.1 Å². The molecule has 0 aliphatic rings. The Kier molecular flexibility index (Phi) is 5.49. The maximum Gasteiger partial charge on any atom is 0.122 e. The fraction of sp³-hybridized carbons (Fsp3) is 0.438.